The van der Waals surface area contributed by atoms with E-state index >= 15 is 0 Å². The van der Waals surface area contributed by atoms with Crippen molar-refractivity contribution in [1.82, 2.24) is 20.1 Å². The van der Waals surface area contributed by atoms with Crippen LogP contribution in [0.2, 0.25) is 0 Å². The van der Waals surface area contributed by atoms with Crippen molar-refractivity contribution in [3.05, 3.63) is 36.9 Å². The average molecular weight is 255 g/mol. The zero-order valence-electron chi connectivity index (χ0n) is 10.2. The Balaban J connectivity index is 2.09. The van der Waals surface area contributed by atoms with Crippen LogP contribution in [0, 0.1) is 12.3 Å². The third kappa shape index (κ3) is 3.40. The van der Waals surface area contributed by atoms with E-state index in [9.17, 15) is 4.79 Å². The molecule has 1 aromatic heterocycles. The van der Waals surface area contributed by atoms with Gasteiger partial charge in [0.15, 0.2) is 0 Å². The van der Waals surface area contributed by atoms with Gasteiger partial charge < -0.3 is 5.32 Å². The number of nitrogens with zero attached hydrogens (tertiary/aromatic N) is 3. The molecule has 2 N–H and O–H groups in total. The minimum Gasteiger partial charge on any atom is -0.323 e. The van der Waals surface area contributed by atoms with E-state index in [1.807, 2.05) is 18.2 Å². The van der Waals surface area contributed by atoms with Crippen molar-refractivity contribution in [3.63, 3.8) is 0 Å². The fourth-order valence-electron chi connectivity index (χ4n) is 1.55. The van der Waals surface area contributed by atoms with E-state index in [1.165, 1.54) is 6.33 Å². The smallest absolute Gasteiger partial charge is 0.238 e. The molecule has 0 atom stereocenters. The van der Waals surface area contributed by atoms with Crippen molar-refractivity contribution >= 4 is 11.6 Å². The predicted octanol–water partition coefficient (Wildman–Crippen LogP) is 0.429. The third-order valence-corrected chi connectivity index (χ3v) is 2.36. The second-order valence-corrected chi connectivity index (χ2v) is 3.71. The largest absolute Gasteiger partial charge is 0.323 e. The molecule has 0 aliphatic rings. The van der Waals surface area contributed by atoms with Gasteiger partial charge in [0, 0.05) is 0 Å². The van der Waals surface area contributed by atoms with E-state index < -0.39 is 0 Å². The Hall–Kier alpha value is -2.65. The quantitative estimate of drug-likeness (QED) is 0.600. The number of hydrogen-bond acceptors (Lipinski definition) is 4. The van der Waals surface area contributed by atoms with Crippen molar-refractivity contribution < 1.29 is 4.79 Å². The van der Waals surface area contributed by atoms with E-state index in [1.54, 1.807) is 17.1 Å². The number of hydrogen-bond donors (Lipinski definition) is 2. The maximum absolute atomic E-state index is 11.7. The number of carbonyl (C=O) groups is 1. The predicted molar refractivity (Wildman–Crippen MR) is 71.7 cm³/mol. The summed E-state index contributed by atoms with van der Waals surface area (Å²) in [4.78, 5) is 15.6. The van der Waals surface area contributed by atoms with Crippen molar-refractivity contribution in [2.45, 2.75) is 0 Å². The molecule has 2 aromatic rings. The maximum Gasteiger partial charge on any atom is 0.238 e. The van der Waals surface area contributed by atoms with Gasteiger partial charge in [-0.2, -0.15) is 5.10 Å². The Kier molecular flexibility index (Phi) is 4.26. The summed E-state index contributed by atoms with van der Waals surface area (Å²) in [6.45, 7) is 0.522. The summed E-state index contributed by atoms with van der Waals surface area (Å²) in [5, 5.41) is 9.67. The summed E-state index contributed by atoms with van der Waals surface area (Å²) in [6, 6.07) is 7.35. The molecule has 0 unspecified atom stereocenters. The lowest BCUT2D eigenvalue weighted by atomic mass is 10.2. The fraction of sp³-hybridized carbons (Fsp3) is 0.154. The summed E-state index contributed by atoms with van der Waals surface area (Å²) in [6.07, 6.45) is 8.10. The minimum atomic E-state index is -0.164. The zero-order valence-corrected chi connectivity index (χ0v) is 10.2. The Bertz CT molecular complexity index is 585. The lowest BCUT2D eigenvalue weighted by Crippen LogP contribution is -2.28. The van der Waals surface area contributed by atoms with Crippen LogP contribution in [0.25, 0.3) is 5.69 Å². The molecule has 0 fully saturated rings. The van der Waals surface area contributed by atoms with Crippen molar-refractivity contribution in [2.24, 2.45) is 0 Å². The molecule has 0 aliphatic heterocycles. The van der Waals surface area contributed by atoms with Gasteiger partial charge in [-0.25, -0.2) is 9.67 Å². The maximum atomic E-state index is 11.7. The molecule has 0 saturated heterocycles. The number of terminal acetylenes is 1. The molecule has 1 aromatic carbocycles. The SMILES string of the molecule is C#CCNCC(=O)Nc1ccccc1-n1cncn1. The molecular formula is C13H13N5O. The molecule has 0 spiro atoms. The van der Waals surface area contributed by atoms with E-state index in [-0.39, 0.29) is 12.5 Å². The number of benzene rings is 1. The van der Waals surface area contributed by atoms with Crippen LogP contribution >= 0.6 is 0 Å². The van der Waals surface area contributed by atoms with Gasteiger partial charge in [0.2, 0.25) is 5.91 Å². The monoisotopic (exact) mass is 255 g/mol. The number of carbonyl (C=O) groups excluding carboxylic acids is 1. The number of aromatic nitrogens is 3. The molecule has 0 bridgehead atoms. The summed E-state index contributed by atoms with van der Waals surface area (Å²) in [7, 11) is 0. The Morgan fingerprint density at radius 1 is 1.42 bits per heavy atom. The molecule has 2 rings (SSSR count). The number of nitrogens with one attached hydrogen (secondary N) is 2. The topological polar surface area (TPSA) is 71.8 Å². The Labute approximate surface area is 110 Å². The molecule has 19 heavy (non-hydrogen) atoms. The van der Waals surface area contributed by atoms with Gasteiger partial charge in [-0.05, 0) is 12.1 Å². The van der Waals surface area contributed by atoms with E-state index in [0.29, 0.717) is 12.2 Å². The highest BCUT2D eigenvalue weighted by molar-refractivity contribution is 5.94. The highest BCUT2D eigenvalue weighted by atomic mass is 16.1. The van der Waals surface area contributed by atoms with E-state index in [0.717, 1.165) is 5.69 Å². The van der Waals surface area contributed by atoms with Crippen molar-refractivity contribution in [1.29, 1.82) is 0 Å². The lowest BCUT2D eigenvalue weighted by molar-refractivity contribution is -0.115. The second-order valence-electron chi connectivity index (χ2n) is 3.71. The molecule has 0 saturated carbocycles. The van der Waals surface area contributed by atoms with E-state index in [2.05, 4.69) is 26.6 Å². The number of para-hydroxylation sites is 2. The summed E-state index contributed by atoms with van der Waals surface area (Å²) in [5.41, 5.74) is 1.42. The number of anilines is 1. The Morgan fingerprint density at radius 2 is 2.26 bits per heavy atom. The highest BCUT2D eigenvalue weighted by Crippen LogP contribution is 2.18. The highest BCUT2D eigenvalue weighted by Gasteiger charge is 2.07. The third-order valence-electron chi connectivity index (χ3n) is 2.36. The molecule has 6 nitrogen and oxygen atoms in total. The van der Waals surface area contributed by atoms with Gasteiger partial charge in [-0.1, -0.05) is 18.1 Å². The molecule has 0 radical (unpaired) electrons. The summed E-state index contributed by atoms with van der Waals surface area (Å²) in [5.74, 6) is 2.24. The van der Waals surface area contributed by atoms with Crippen molar-refractivity contribution in [2.75, 3.05) is 18.4 Å². The van der Waals surface area contributed by atoms with Gasteiger partial charge in [0.1, 0.15) is 12.7 Å². The summed E-state index contributed by atoms with van der Waals surface area (Å²) < 4.78 is 1.59. The van der Waals surface area contributed by atoms with Crippen LogP contribution in [0.3, 0.4) is 0 Å². The van der Waals surface area contributed by atoms with Crippen LogP contribution in [-0.4, -0.2) is 33.8 Å². The van der Waals surface area contributed by atoms with Crippen LogP contribution in [-0.2, 0) is 4.79 Å². The lowest BCUT2D eigenvalue weighted by Gasteiger charge is -2.10. The Morgan fingerprint density at radius 3 is 3.00 bits per heavy atom. The first-order valence-electron chi connectivity index (χ1n) is 5.69. The molecule has 1 amide bonds. The first kappa shape index (κ1) is 12.8. The molecule has 96 valence electrons. The second kappa shape index (κ2) is 6.33. The van der Waals surface area contributed by atoms with Crippen LogP contribution in [0.5, 0.6) is 0 Å². The van der Waals surface area contributed by atoms with Crippen LogP contribution in [0.4, 0.5) is 5.69 Å². The molecule has 1 heterocycles. The molecule has 6 heteroatoms. The standard InChI is InChI=1S/C13H13N5O/c1-2-7-14-8-13(19)17-11-5-3-4-6-12(11)18-10-15-9-16-18/h1,3-6,9-10,14H,7-8H2,(H,17,19). The average Bonchev–Trinajstić information content (AvgIpc) is 2.93. The van der Waals surface area contributed by atoms with Gasteiger partial charge in [-0.3, -0.25) is 10.1 Å². The number of rotatable bonds is 5. The van der Waals surface area contributed by atoms with Gasteiger partial charge in [0.05, 0.1) is 24.5 Å². The molecule has 0 aliphatic carbocycles. The van der Waals surface area contributed by atoms with Gasteiger partial charge in [0.25, 0.3) is 0 Å². The van der Waals surface area contributed by atoms with E-state index in [4.69, 9.17) is 6.42 Å². The summed E-state index contributed by atoms with van der Waals surface area (Å²) >= 11 is 0. The molecular weight excluding hydrogens is 242 g/mol. The minimum absolute atomic E-state index is 0.163. The van der Waals surface area contributed by atoms with Crippen LogP contribution in [0.15, 0.2) is 36.9 Å². The zero-order chi connectivity index (χ0) is 13.5. The fourth-order valence-corrected chi connectivity index (χ4v) is 1.55. The van der Waals surface area contributed by atoms with Crippen molar-refractivity contribution in [3.8, 4) is 18.0 Å². The number of amides is 1. The van der Waals surface area contributed by atoms with Crippen LogP contribution < -0.4 is 10.6 Å². The first-order valence-corrected chi connectivity index (χ1v) is 5.69. The van der Waals surface area contributed by atoms with Crippen LogP contribution in [0.1, 0.15) is 0 Å². The first-order chi connectivity index (χ1) is 9.31. The normalized spacial score (nSPS) is 9.84. The van der Waals surface area contributed by atoms with Gasteiger partial charge in [-0.15, -0.1) is 6.42 Å². The van der Waals surface area contributed by atoms with Gasteiger partial charge >= 0.3 is 0 Å².